The van der Waals surface area contributed by atoms with E-state index < -0.39 is 5.60 Å². The molecule has 27 heavy (non-hydrogen) atoms. The summed E-state index contributed by atoms with van der Waals surface area (Å²) in [5.41, 5.74) is 1.57. The monoisotopic (exact) mass is 618 g/mol. The predicted octanol–water partition coefficient (Wildman–Crippen LogP) is 2.27. The van der Waals surface area contributed by atoms with Crippen molar-refractivity contribution in [1.29, 1.82) is 0 Å². The zero-order valence-corrected chi connectivity index (χ0v) is 18.2. The van der Waals surface area contributed by atoms with Crippen LogP contribution in [-0.4, -0.2) is 40.2 Å². The Balaban J connectivity index is 0.00000158. The molecule has 0 aliphatic heterocycles. The summed E-state index contributed by atoms with van der Waals surface area (Å²) in [5, 5.41) is 10.6. The largest absolute Gasteiger partial charge is 0.527 e. The van der Waals surface area contributed by atoms with Crippen LogP contribution in [-0.2, 0) is 32.1 Å². The first-order valence-electron chi connectivity index (χ1n) is 8.21. The summed E-state index contributed by atoms with van der Waals surface area (Å²) >= 11 is 0. The SMILES string of the molecule is C[C@H](Cc1cn(CC(=O)OC(C)(C)C)c2ccccc12)N[C-]=O.O=CO.[Fm]. The molecule has 0 spiro atoms. The van der Waals surface area contributed by atoms with E-state index in [2.05, 4.69) is 5.32 Å². The number of hydrogen-bond acceptors (Lipinski definition) is 4. The van der Waals surface area contributed by atoms with Gasteiger partial charge in [-0.1, -0.05) is 18.2 Å². The molecular formula is C19H25FmN2O5-. The van der Waals surface area contributed by atoms with Crippen LogP contribution in [0.5, 0.6) is 0 Å². The van der Waals surface area contributed by atoms with E-state index in [9.17, 15) is 9.59 Å². The van der Waals surface area contributed by atoms with Gasteiger partial charge in [-0.15, -0.1) is 0 Å². The van der Waals surface area contributed by atoms with Gasteiger partial charge in [-0.25, -0.2) is 0 Å². The Labute approximate surface area is 152 Å². The third-order valence-electron chi connectivity index (χ3n) is 3.42. The minimum Gasteiger partial charge on any atom is -0.527 e. The van der Waals surface area contributed by atoms with Crippen LogP contribution in [0.25, 0.3) is 10.9 Å². The van der Waals surface area contributed by atoms with Crippen LogP contribution in [0.3, 0.4) is 0 Å². The molecule has 1 aromatic heterocycles. The Kier molecular flexibility index (Phi) is 8.78. The number of fused-ring (bicyclic) bond motifs is 1. The van der Waals surface area contributed by atoms with E-state index in [1.54, 1.807) is 6.41 Å². The van der Waals surface area contributed by atoms with E-state index in [1.807, 2.05) is 62.7 Å². The molecule has 0 aliphatic rings. The van der Waals surface area contributed by atoms with E-state index in [1.165, 1.54) is 0 Å². The molecule has 1 aromatic carbocycles. The molecule has 0 saturated carbocycles. The van der Waals surface area contributed by atoms with Gasteiger partial charge < -0.3 is 24.5 Å². The van der Waals surface area contributed by atoms with Crippen molar-refractivity contribution in [1.82, 2.24) is 9.88 Å². The van der Waals surface area contributed by atoms with Gasteiger partial charge in [0, 0.05) is 17.1 Å². The van der Waals surface area contributed by atoms with Crippen LogP contribution >= 0.6 is 0 Å². The van der Waals surface area contributed by atoms with E-state index in [-0.39, 0.29) is 25.0 Å². The summed E-state index contributed by atoms with van der Waals surface area (Å²) in [5.74, 6) is -0.266. The number of nitrogens with one attached hydrogen (secondary N) is 1. The maximum absolute atomic E-state index is 12.1. The molecule has 0 aliphatic carbocycles. The van der Waals surface area contributed by atoms with Gasteiger partial charge in [0.05, 0.1) is 0 Å². The third-order valence-corrected chi connectivity index (χ3v) is 3.42. The first-order valence-corrected chi connectivity index (χ1v) is 8.21. The molecule has 7 nitrogen and oxygen atoms in total. The molecule has 0 unspecified atom stereocenters. The van der Waals surface area contributed by atoms with Crippen molar-refractivity contribution in [2.75, 3.05) is 0 Å². The van der Waals surface area contributed by atoms with Crippen molar-refractivity contribution in [3.8, 4) is 0 Å². The Morgan fingerprint density at radius 1 is 1.37 bits per heavy atom. The second-order valence-corrected chi connectivity index (χ2v) is 6.84. The number of carbonyl (C=O) groups is 2. The number of carboxylic acid groups (broad SMARTS) is 1. The molecular weight excluding hydrogens is 593 g/mol. The van der Waals surface area contributed by atoms with Gasteiger partial charge in [-0.05, 0) is 51.8 Å². The van der Waals surface area contributed by atoms with Crippen LogP contribution in [0.2, 0.25) is 0 Å². The molecule has 1 heterocycles. The second kappa shape index (κ2) is 10.2. The number of nitrogens with zero attached hydrogens (tertiary/aromatic N) is 1. The number of amides is 1. The minimum atomic E-state index is -0.499. The fourth-order valence-electron chi connectivity index (χ4n) is 2.61. The van der Waals surface area contributed by atoms with Gasteiger partial charge in [0.25, 0.3) is 6.47 Å². The molecule has 1 amide bonds. The maximum Gasteiger partial charge on any atom is 0.326 e. The van der Waals surface area contributed by atoms with Crippen molar-refractivity contribution in [3.05, 3.63) is 36.0 Å². The quantitative estimate of drug-likeness (QED) is 0.224. The van der Waals surface area contributed by atoms with E-state index >= 15 is 0 Å². The van der Waals surface area contributed by atoms with Gasteiger partial charge in [0.15, 0.2) is 0 Å². The Morgan fingerprint density at radius 2 is 1.96 bits per heavy atom. The standard InChI is InChI=1S/C18H23N2O3.CH2O2.Fm/c1-13(19-12-21)9-14-10-20(11-17(22)23-18(2,3)4)16-8-6-5-7-15(14)16;2-1-3;/h5-8,10,13H,9,11H2,1-4H3,(H,19,21);1H,(H,2,3);/q-1;;/t13-;;/m1../s1. The molecule has 2 N–H and O–H groups in total. The average Bonchev–Trinajstić information content (AvgIpc) is 2.84. The molecule has 0 fully saturated rings. The molecule has 8 heteroatoms. The number of hydrogen-bond donors (Lipinski definition) is 2. The molecule has 154 valence electrons. The van der Waals surface area contributed by atoms with Crippen molar-refractivity contribution in [2.45, 2.75) is 52.3 Å². The zero-order chi connectivity index (χ0) is 19.7. The summed E-state index contributed by atoms with van der Waals surface area (Å²) in [4.78, 5) is 30.9. The first kappa shape index (κ1) is 23.2. The third kappa shape index (κ3) is 7.29. The number of aromatic nitrogens is 1. The number of carbonyl (C=O) groups excluding carboxylic acids is 2. The van der Waals surface area contributed by atoms with Crippen LogP contribution in [0.1, 0.15) is 33.3 Å². The fraction of sp³-hybridized carbons (Fsp3) is 0.421. The normalized spacial score (nSPS) is 11.4. The summed E-state index contributed by atoms with van der Waals surface area (Å²) in [6.07, 6.45) is 4.35. The molecule has 0 radical (unpaired) electrons. The number of ether oxygens (including phenoxy) is 1. The van der Waals surface area contributed by atoms with E-state index in [4.69, 9.17) is 14.6 Å². The minimum absolute atomic E-state index is 0. The Bertz CT molecular complexity index is 752. The van der Waals surface area contributed by atoms with E-state index in [0.717, 1.165) is 16.5 Å². The van der Waals surface area contributed by atoms with Crippen LogP contribution in [0.15, 0.2) is 30.5 Å². The van der Waals surface area contributed by atoms with Crippen LogP contribution < -0.4 is 5.32 Å². The zero-order valence-electron chi connectivity index (χ0n) is 15.8. The van der Waals surface area contributed by atoms with Crippen molar-refractivity contribution >= 4 is 29.8 Å². The van der Waals surface area contributed by atoms with E-state index in [0.29, 0.717) is 6.42 Å². The number of benzene rings is 1. The molecule has 1 atom stereocenters. The van der Waals surface area contributed by atoms with Gasteiger partial charge in [0.1, 0.15) is 12.1 Å². The summed E-state index contributed by atoms with van der Waals surface area (Å²) in [6.45, 7) is 7.40. The molecule has 0 saturated heterocycles. The van der Waals surface area contributed by atoms with Gasteiger partial charge in [-0.3, -0.25) is 9.59 Å². The average molecular weight is 618 g/mol. The molecule has 0 bridgehead atoms. The summed E-state index contributed by atoms with van der Waals surface area (Å²) < 4.78 is 7.29. The fourth-order valence-corrected chi connectivity index (χ4v) is 2.61. The van der Waals surface area contributed by atoms with Crippen LogP contribution in [0, 0.1) is 0 Å². The number of para-hydroxylation sites is 1. The topological polar surface area (TPSA) is 97.6 Å². The summed E-state index contributed by atoms with van der Waals surface area (Å²) in [6, 6.07) is 7.89. The second-order valence-electron chi connectivity index (χ2n) is 6.84. The van der Waals surface area contributed by atoms with Crippen molar-refractivity contribution < 1.29 is 24.2 Å². The number of esters is 1. The first-order chi connectivity index (χ1) is 12.2. The van der Waals surface area contributed by atoms with Gasteiger partial charge in [0.2, 0.25) is 0 Å². The predicted molar refractivity (Wildman–Crippen MR) is 98.5 cm³/mol. The smallest absolute Gasteiger partial charge is 0.326 e. The number of rotatable bonds is 6. The Hall–Kier alpha value is -3.83. The maximum atomic E-state index is 12.1. The van der Waals surface area contributed by atoms with Gasteiger partial charge in [-0.2, -0.15) is 6.41 Å². The van der Waals surface area contributed by atoms with Gasteiger partial charge >= 0.3 is 5.97 Å². The summed E-state index contributed by atoms with van der Waals surface area (Å²) in [7, 11) is 0. The van der Waals surface area contributed by atoms with Crippen molar-refractivity contribution in [3.63, 3.8) is 0 Å². The Morgan fingerprint density at radius 3 is 2.52 bits per heavy atom. The molecule has 2 aromatic rings. The van der Waals surface area contributed by atoms with Crippen molar-refractivity contribution in [2.24, 2.45) is 0 Å². The van der Waals surface area contributed by atoms with Crippen LogP contribution in [0.4, 0.5) is 0 Å². The molecule has 2 rings (SSSR count).